The van der Waals surface area contributed by atoms with Gasteiger partial charge in [-0.2, -0.15) is 26.3 Å². The van der Waals surface area contributed by atoms with Crippen LogP contribution in [0.1, 0.15) is 36.3 Å². The van der Waals surface area contributed by atoms with Gasteiger partial charge in [-0.1, -0.05) is 18.2 Å². The van der Waals surface area contributed by atoms with Crippen molar-refractivity contribution in [1.29, 1.82) is 0 Å². The Morgan fingerprint density at radius 3 is 2.42 bits per heavy atom. The Morgan fingerprint density at radius 1 is 1.07 bits per heavy atom. The zero-order valence-electron chi connectivity index (χ0n) is 21.8. The Balaban J connectivity index is 1.46. The molecule has 216 valence electrons. The van der Waals surface area contributed by atoms with Gasteiger partial charge >= 0.3 is 12.4 Å². The van der Waals surface area contributed by atoms with Crippen molar-refractivity contribution in [2.75, 3.05) is 13.1 Å². The van der Waals surface area contributed by atoms with Crippen LogP contribution in [0.3, 0.4) is 0 Å². The van der Waals surface area contributed by atoms with Gasteiger partial charge in [-0.05, 0) is 55.0 Å². The molecular weight excluding hydrogens is 538 g/mol. The average molecular weight is 569 g/mol. The Bertz CT molecular complexity index is 1430. The number of para-hydroxylation sites is 1. The lowest BCUT2D eigenvalue weighted by molar-refractivity contribution is -0.287. The maximum absolute atomic E-state index is 14.0. The molecule has 0 bridgehead atoms. The van der Waals surface area contributed by atoms with Crippen LogP contribution >= 0.6 is 0 Å². The fourth-order valence-corrected chi connectivity index (χ4v) is 5.67. The first-order valence-corrected chi connectivity index (χ1v) is 13.2. The van der Waals surface area contributed by atoms with E-state index in [2.05, 4.69) is 5.32 Å². The van der Waals surface area contributed by atoms with Crippen molar-refractivity contribution in [3.8, 4) is 0 Å². The third-order valence-corrected chi connectivity index (χ3v) is 8.01. The van der Waals surface area contributed by atoms with E-state index in [4.69, 9.17) is 0 Å². The summed E-state index contributed by atoms with van der Waals surface area (Å²) in [4.78, 5) is 28.0. The number of rotatable bonds is 7. The number of piperidine rings is 1. The van der Waals surface area contributed by atoms with Crippen LogP contribution in [-0.2, 0) is 24.9 Å². The Labute approximate surface area is 226 Å². The van der Waals surface area contributed by atoms with Crippen LogP contribution in [0.5, 0.6) is 0 Å². The molecule has 1 saturated carbocycles. The molecule has 1 amide bonds. The minimum absolute atomic E-state index is 0.0565. The average Bonchev–Trinajstić information content (AvgIpc) is 3.68. The van der Waals surface area contributed by atoms with Crippen molar-refractivity contribution in [2.24, 2.45) is 18.9 Å². The molecule has 1 aromatic carbocycles. The van der Waals surface area contributed by atoms with Crippen LogP contribution in [0.4, 0.5) is 26.3 Å². The molecule has 0 spiro atoms. The molecule has 40 heavy (non-hydrogen) atoms. The molecule has 6 nitrogen and oxygen atoms in total. The molecule has 2 fully saturated rings. The molecule has 1 unspecified atom stereocenters. The standard InChI is InChI=1S/C28H30F6N4O2/c1-36-11-9-17(12-25(36)39)20-8-10-35-13-22(20)26(40)38(19-6-7-19)15-18-14-37(23-5-3-2-4-21(18)23)16-24(27(29,30)31)28(32,33)34/h2-5,9,11-12,14,19-20,22,24,35H,6-8,10,13,15-16H2,1H3/t20-,22?/m1/s1. The number of aryl methyl sites for hydroxylation is 1. The molecule has 1 aliphatic carbocycles. The smallest absolute Gasteiger partial charge is 0.346 e. The summed E-state index contributed by atoms with van der Waals surface area (Å²) in [5.41, 5.74) is 1.34. The van der Waals surface area contributed by atoms with E-state index < -0.39 is 30.7 Å². The molecule has 5 rings (SSSR count). The van der Waals surface area contributed by atoms with Gasteiger partial charge in [-0.15, -0.1) is 0 Å². The molecule has 2 aliphatic rings. The summed E-state index contributed by atoms with van der Waals surface area (Å²) in [5, 5.41) is 3.76. The lowest BCUT2D eigenvalue weighted by Gasteiger charge is -2.35. The monoisotopic (exact) mass is 568 g/mol. The molecule has 3 aromatic rings. The highest BCUT2D eigenvalue weighted by molar-refractivity contribution is 5.85. The zero-order valence-corrected chi connectivity index (χ0v) is 21.8. The number of alkyl halides is 6. The van der Waals surface area contributed by atoms with Gasteiger partial charge in [0.2, 0.25) is 5.91 Å². The fraction of sp³-hybridized carbons (Fsp3) is 0.500. The lowest BCUT2D eigenvalue weighted by atomic mass is 9.80. The number of carbonyl (C=O) groups is 1. The highest BCUT2D eigenvalue weighted by Gasteiger charge is 2.56. The van der Waals surface area contributed by atoms with Crippen LogP contribution in [0.2, 0.25) is 0 Å². The minimum Gasteiger partial charge on any atom is -0.346 e. The minimum atomic E-state index is -5.46. The van der Waals surface area contributed by atoms with E-state index in [1.807, 2.05) is 6.07 Å². The van der Waals surface area contributed by atoms with Crippen molar-refractivity contribution < 1.29 is 31.1 Å². The predicted octanol–water partition coefficient (Wildman–Crippen LogP) is 4.97. The maximum Gasteiger partial charge on any atom is 0.402 e. The lowest BCUT2D eigenvalue weighted by Crippen LogP contribution is -2.47. The number of pyridine rings is 1. The van der Waals surface area contributed by atoms with E-state index in [9.17, 15) is 35.9 Å². The number of hydrogen-bond donors (Lipinski definition) is 1. The first-order chi connectivity index (χ1) is 18.8. The van der Waals surface area contributed by atoms with Gasteiger partial charge in [-0.25, -0.2) is 0 Å². The molecule has 12 heteroatoms. The molecule has 2 atom stereocenters. The second kappa shape index (κ2) is 10.6. The largest absolute Gasteiger partial charge is 0.402 e. The second-order valence-corrected chi connectivity index (χ2v) is 10.8. The van der Waals surface area contributed by atoms with Crippen LogP contribution in [0, 0.1) is 11.8 Å². The van der Waals surface area contributed by atoms with Gasteiger partial charge in [0.05, 0.1) is 5.92 Å². The third kappa shape index (κ3) is 5.77. The van der Waals surface area contributed by atoms with Crippen LogP contribution in [0.25, 0.3) is 10.9 Å². The van der Waals surface area contributed by atoms with Crippen LogP contribution < -0.4 is 10.9 Å². The van der Waals surface area contributed by atoms with Gasteiger partial charge in [-0.3, -0.25) is 9.59 Å². The number of benzene rings is 1. The third-order valence-electron chi connectivity index (χ3n) is 8.01. The summed E-state index contributed by atoms with van der Waals surface area (Å²) in [6.07, 6.45) is -5.74. The topological polar surface area (TPSA) is 59.3 Å². The second-order valence-electron chi connectivity index (χ2n) is 10.8. The number of nitrogens with zero attached hydrogens (tertiary/aromatic N) is 3. The zero-order chi connectivity index (χ0) is 28.8. The van der Waals surface area contributed by atoms with Gasteiger partial charge in [0, 0.05) is 62.1 Å². The number of nitrogens with one attached hydrogen (secondary N) is 1. The first kappa shape index (κ1) is 28.3. The number of carbonyl (C=O) groups excluding carboxylic acids is 1. The van der Waals surface area contributed by atoms with E-state index in [0.29, 0.717) is 30.5 Å². The molecule has 1 saturated heterocycles. The summed E-state index contributed by atoms with van der Waals surface area (Å²) >= 11 is 0. The maximum atomic E-state index is 14.0. The SMILES string of the molecule is Cn1ccc([C@H]2CCNCC2C(=O)N(Cc2cn(CC(C(F)(F)F)C(F)(F)F)c3ccccc23)C2CC2)cc1=O. The van der Waals surface area contributed by atoms with E-state index in [1.54, 1.807) is 42.4 Å². The number of aromatic nitrogens is 2. The summed E-state index contributed by atoms with van der Waals surface area (Å²) < 4.78 is 82.6. The highest BCUT2D eigenvalue weighted by atomic mass is 19.4. The Kier molecular flexibility index (Phi) is 7.49. The van der Waals surface area contributed by atoms with Gasteiger partial charge in [0.25, 0.3) is 5.56 Å². The molecular formula is C28H30F6N4O2. The normalized spacial score (nSPS) is 20.3. The van der Waals surface area contributed by atoms with Gasteiger partial charge < -0.3 is 19.4 Å². The Hall–Kier alpha value is -3.28. The van der Waals surface area contributed by atoms with Crippen molar-refractivity contribution in [1.82, 2.24) is 19.4 Å². The van der Waals surface area contributed by atoms with E-state index in [-0.39, 0.29) is 35.5 Å². The molecule has 1 aliphatic heterocycles. The first-order valence-electron chi connectivity index (χ1n) is 13.2. The van der Waals surface area contributed by atoms with Crippen molar-refractivity contribution in [2.45, 2.75) is 56.7 Å². The summed E-state index contributed by atoms with van der Waals surface area (Å²) in [6.45, 7) is -0.148. The summed E-state index contributed by atoms with van der Waals surface area (Å²) in [7, 11) is 1.65. The number of hydrogen-bond acceptors (Lipinski definition) is 3. The van der Waals surface area contributed by atoms with Gasteiger partial charge in [0.1, 0.15) is 0 Å². The van der Waals surface area contributed by atoms with E-state index >= 15 is 0 Å². The molecule has 3 heterocycles. The van der Waals surface area contributed by atoms with E-state index in [0.717, 1.165) is 23.0 Å². The number of amides is 1. The Morgan fingerprint density at radius 2 is 1.77 bits per heavy atom. The summed E-state index contributed by atoms with van der Waals surface area (Å²) in [6, 6.07) is 9.69. The molecule has 0 radical (unpaired) electrons. The van der Waals surface area contributed by atoms with Crippen molar-refractivity contribution >= 4 is 16.8 Å². The molecule has 1 N–H and O–H groups in total. The fourth-order valence-electron chi connectivity index (χ4n) is 5.67. The number of halogens is 6. The van der Waals surface area contributed by atoms with E-state index in [1.165, 1.54) is 16.8 Å². The summed E-state index contributed by atoms with van der Waals surface area (Å²) in [5.74, 6) is -4.31. The van der Waals surface area contributed by atoms with Crippen molar-refractivity contribution in [3.05, 3.63) is 70.3 Å². The quantitative estimate of drug-likeness (QED) is 0.410. The van der Waals surface area contributed by atoms with Gasteiger partial charge in [0.15, 0.2) is 5.92 Å². The van der Waals surface area contributed by atoms with Crippen LogP contribution in [-0.4, -0.2) is 51.4 Å². The van der Waals surface area contributed by atoms with Crippen LogP contribution in [0.15, 0.2) is 53.6 Å². The number of fused-ring (bicyclic) bond motifs is 1. The predicted molar refractivity (Wildman–Crippen MR) is 137 cm³/mol. The highest BCUT2D eigenvalue weighted by Crippen LogP contribution is 2.42. The van der Waals surface area contributed by atoms with Crippen molar-refractivity contribution in [3.63, 3.8) is 0 Å². The molecule has 2 aromatic heterocycles.